The molecule has 2 N–H and O–H groups in total. The van der Waals surface area contributed by atoms with Crippen LogP contribution in [0.2, 0.25) is 0 Å². The number of benzene rings is 1. The molecule has 1 atom stereocenters. The Balaban J connectivity index is 2.80. The molecule has 0 aliphatic carbocycles. The molecule has 0 aliphatic rings. The molecule has 19 heavy (non-hydrogen) atoms. The van der Waals surface area contributed by atoms with Crippen LogP contribution < -0.4 is 10.1 Å². The van der Waals surface area contributed by atoms with Gasteiger partial charge in [0.2, 0.25) is 0 Å². The quantitative estimate of drug-likeness (QED) is 0.559. The van der Waals surface area contributed by atoms with E-state index in [1.165, 1.54) is 6.07 Å². The summed E-state index contributed by atoms with van der Waals surface area (Å²) < 4.78 is 5.28. The van der Waals surface area contributed by atoms with Gasteiger partial charge in [-0.05, 0) is 32.8 Å². The van der Waals surface area contributed by atoms with Crippen LogP contribution in [-0.2, 0) is 0 Å². The van der Waals surface area contributed by atoms with Gasteiger partial charge in [-0.15, -0.1) is 0 Å². The smallest absolute Gasteiger partial charge is 0.311 e. The van der Waals surface area contributed by atoms with Gasteiger partial charge in [-0.1, -0.05) is 0 Å². The molecule has 1 aromatic carbocycles. The van der Waals surface area contributed by atoms with Crippen molar-refractivity contribution in [3.8, 4) is 5.75 Å². The van der Waals surface area contributed by atoms with Crippen molar-refractivity contribution in [3.05, 3.63) is 28.3 Å². The first kappa shape index (κ1) is 15.2. The van der Waals surface area contributed by atoms with Crippen LogP contribution in [0.3, 0.4) is 0 Å². The molecule has 1 rings (SSSR count). The molecule has 1 unspecified atom stereocenters. The summed E-state index contributed by atoms with van der Waals surface area (Å²) >= 11 is 0. The minimum Gasteiger partial charge on any atom is -0.487 e. The number of nitrogens with zero attached hydrogens (tertiary/aromatic N) is 1. The molecule has 0 spiro atoms. The molecule has 0 saturated carbocycles. The summed E-state index contributed by atoms with van der Waals surface area (Å²) in [6.07, 6.45) is 1.55. The van der Waals surface area contributed by atoms with Gasteiger partial charge in [0.05, 0.1) is 11.5 Å². The first-order valence-corrected chi connectivity index (χ1v) is 6.37. The van der Waals surface area contributed by atoms with Crippen molar-refractivity contribution < 1.29 is 14.8 Å². The molecule has 0 radical (unpaired) electrons. The number of nitrogens with one attached hydrogen (secondary N) is 1. The van der Waals surface area contributed by atoms with E-state index in [0.717, 1.165) is 18.5 Å². The molecule has 0 saturated heterocycles. The Hall–Kier alpha value is -1.82. The average Bonchev–Trinajstić information content (AvgIpc) is 2.36. The number of aliphatic hydroxyl groups excluding tert-OH is 1. The Labute approximate surface area is 112 Å². The SMILES string of the molecule is CCOc1cc(NC(C)CCCO)ccc1[N+](=O)[O-]. The standard InChI is InChI=1S/C13H20N2O4/c1-3-19-13-9-11(6-7-12(13)15(17)18)14-10(2)5-4-8-16/h6-7,9-10,14,16H,3-5,8H2,1-2H3. The van der Waals surface area contributed by atoms with Crippen molar-refractivity contribution >= 4 is 11.4 Å². The van der Waals surface area contributed by atoms with E-state index in [4.69, 9.17) is 9.84 Å². The Morgan fingerprint density at radius 2 is 2.26 bits per heavy atom. The van der Waals surface area contributed by atoms with Gasteiger partial charge in [-0.25, -0.2) is 0 Å². The first-order valence-electron chi connectivity index (χ1n) is 6.37. The largest absolute Gasteiger partial charge is 0.487 e. The van der Waals surface area contributed by atoms with Gasteiger partial charge in [-0.2, -0.15) is 0 Å². The highest BCUT2D eigenvalue weighted by atomic mass is 16.6. The van der Waals surface area contributed by atoms with E-state index in [1.807, 2.05) is 6.92 Å². The molecule has 0 amide bonds. The van der Waals surface area contributed by atoms with Crippen molar-refractivity contribution in [2.24, 2.45) is 0 Å². The van der Waals surface area contributed by atoms with Crippen molar-refractivity contribution in [3.63, 3.8) is 0 Å². The van der Waals surface area contributed by atoms with Crippen LogP contribution in [0.5, 0.6) is 5.75 Å². The lowest BCUT2D eigenvalue weighted by molar-refractivity contribution is -0.385. The van der Waals surface area contributed by atoms with Gasteiger partial charge in [0.1, 0.15) is 0 Å². The third kappa shape index (κ3) is 4.75. The van der Waals surface area contributed by atoms with E-state index in [1.54, 1.807) is 19.1 Å². The van der Waals surface area contributed by atoms with E-state index in [9.17, 15) is 10.1 Å². The molecule has 0 heterocycles. The number of hydrogen-bond acceptors (Lipinski definition) is 5. The van der Waals surface area contributed by atoms with Gasteiger partial charge in [0.15, 0.2) is 5.75 Å². The fraction of sp³-hybridized carbons (Fsp3) is 0.538. The number of hydrogen-bond donors (Lipinski definition) is 2. The summed E-state index contributed by atoms with van der Waals surface area (Å²) in [4.78, 5) is 10.4. The average molecular weight is 268 g/mol. The van der Waals surface area contributed by atoms with Gasteiger partial charge >= 0.3 is 5.69 Å². The van der Waals surface area contributed by atoms with E-state index < -0.39 is 4.92 Å². The summed E-state index contributed by atoms with van der Waals surface area (Å²) in [5.74, 6) is 0.270. The Morgan fingerprint density at radius 3 is 2.84 bits per heavy atom. The van der Waals surface area contributed by atoms with Crippen LogP contribution in [0.15, 0.2) is 18.2 Å². The highest BCUT2D eigenvalue weighted by Gasteiger charge is 2.15. The van der Waals surface area contributed by atoms with E-state index in [2.05, 4.69) is 5.32 Å². The third-order valence-corrected chi connectivity index (χ3v) is 2.66. The van der Waals surface area contributed by atoms with E-state index >= 15 is 0 Å². The first-order chi connectivity index (χ1) is 9.08. The molecule has 0 bridgehead atoms. The topological polar surface area (TPSA) is 84.6 Å². The van der Waals surface area contributed by atoms with Crippen molar-refractivity contribution in [2.45, 2.75) is 32.7 Å². The number of rotatable bonds is 8. The van der Waals surface area contributed by atoms with Crippen LogP contribution in [0, 0.1) is 10.1 Å². The molecule has 106 valence electrons. The summed E-state index contributed by atoms with van der Waals surface area (Å²) in [6.45, 7) is 4.33. The highest BCUT2D eigenvalue weighted by molar-refractivity contribution is 5.58. The van der Waals surface area contributed by atoms with Crippen LogP contribution >= 0.6 is 0 Å². The molecule has 0 aromatic heterocycles. The maximum absolute atomic E-state index is 10.8. The summed E-state index contributed by atoms with van der Waals surface area (Å²) in [5.41, 5.74) is 0.745. The van der Waals surface area contributed by atoms with Crippen molar-refractivity contribution in [1.29, 1.82) is 0 Å². The number of aliphatic hydroxyl groups is 1. The zero-order valence-corrected chi connectivity index (χ0v) is 11.3. The summed E-state index contributed by atoms with van der Waals surface area (Å²) in [6, 6.07) is 4.92. The maximum Gasteiger partial charge on any atom is 0.311 e. The zero-order valence-electron chi connectivity index (χ0n) is 11.3. The van der Waals surface area contributed by atoms with Crippen LogP contribution in [0.4, 0.5) is 11.4 Å². The van der Waals surface area contributed by atoms with Gasteiger partial charge in [0, 0.05) is 30.5 Å². The molecule has 0 aliphatic heterocycles. The second-order valence-corrected chi connectivity index (χ2v) is 4.28. The normalized spacial score (nSPS) is 11.9. The Morgan fingerprint density at radius 1 is 1.53 bits per heavy atom. The molecular formula is C13H20N2O4. The lowest BCUT2D eigenvalue weighted by Gasteiger charge is -2.15. The number of ether oxygens (including phenoxy) is 1. The lowest BCUT2D eigenvalue weighted by atomic mass is 10.1. The number of anilines is 1. The molecule has 0 fully saturated rings. The Kier molecular flexibility index (Phi) is 6.08. The van der Waals surface area contributed by atoms with Crippen molar-refractivity contribution in [1.82, 2.24) is 0 Å². The molecule has 1 aromatic rings. The summed E-state index contributed by atoms with van der Waals surface area (Å²) in [5, 5.41) is 22.8. The zero-order chi connectivity index (χ0) is 14.3. The predicted molar refractivity (Wildman–Crippen MR) is 73.7 cm³/mol. The molecule has 6 heteroatoms. The predicted octanol–water partition coefficient (Wildman–Crippen LogP) is 2.57. The van der Waals surface area contributed by atoms with Crippen LogP contribution in [-0.4, -0.2) is 29.3 Å². The van der Waals surface area contributed by atoms with E-state index in [0.29, 0.717) is 6.61 Å². The highest BCUT2D eigenvalue weighted by Crippen LogP contribution is 2.30. The van der Waals surface area contributed by atoms with Crippen LogP contribution in [0.1, 0.15) is 26.7 Å². The summed E-state index contributed by atoms with van der Waals surface area (Å²) in [7, 11) is 0. The second-order valence-electron chi connectivity index (χ2n) is 4.28. The molecule has 6 nitrogen and oxygen atoms in total. The number of nitro groups is 1. The minimum atomic E-state index is -0.454. The third-order valence-electron chi connectivity index (χ3n) is 2.66. The molecular weight excluding hydrogens is 248 g/mol. The monoisotopic (exact) mass is 268 g/mol. The minimum absolute atomic E-state index is 0.0320. The van der Waals surface area contributed by atoms with Crippen LogP contribution in [0.25, 0.3) is 0 Å². The van der Waals surface area contributed by atoms with Crippen molar-refractivity contribution in [2.75, 3.05) is 18.5 Å². The van der Waals surface area contributed by atoms with Gasteiger partial charge < -0.3 is 15.2 Å². The van der Waals surface area contributed by atoms with E-state index in [-0.39, 0.29) is 24.1 Å². The lowest BCUT2D eigenvalue weighted by Crippen LogP contribution is -2.15. The maximum atomic E-state index is 10.8. The fourth-order valence-corrected chi connectivity index (χ4v) is 1.78. The van der Waals surface area contributed by atoms with Gasteiger partial charge in [0.25, 0.3) is 0 Å². The fourth-order valence-electron chi connectivity index (χ4n) is 1.78. The van der Waals surface area contributed by atoms with Gasteiger partial charge in [-0.3, -0.25) is 10.1 Å². The second kappa shape index (κ2) is 7.58. The number of nitro benzene ring substituents is 1. The Bertz CT molecular complexity index is 423.